The zero-order valence-corrected chi connectivity index (χ0v) is 15.4. The number of benzene rings is 1. The highest BCUT2D eigenvalue weighted by molar-refractivity contribution is 6.06. The average Bonchev–Trinajstić information content (AvgIpc) is 3.04. The van der Waals surface area contributed by atoms with Crippen LogP contribution in [0.3, 0.4) is 0 Å². The van der Waals surface area contributed by atoms with Crippen LogP contribution in [0.1, 0.15) is 35.3 Å². The molecule has 1 aliphatic rings. The summed E-state index contributed by atoms with van der Waals surface area (Å²) < 4.78 is 11.0. The summed E-state index contributed by atoms with van der Waals surface area (Å²) in [6, 6.07) is 11.5. The van der Waals surface area contributed by atoms with E-state index in [0.717, 1.165) is 12.2 Å². The van der Waals surface area contributed by atoms with Crippen molar-refractivity contribution >= 4 is 17.0 Å². The second-order valence-corrected chi connectivity index (χ2v) is 7.00. The van der Waals surface area contributed by atoms with Crippen LogP contribution in [0.2, 0.25) is 0 Å². The predicted octanol–water partition coefficient (Wildman–Crippen LogP) is 3.74. The maximum absolute atomic E-state index is 12.8. The lowest BCUT2D eigenvalue weighted by Gasteiger charge is -2.24. The van der Waals surface area contributed by atoms with Gasteiger partial charge in [0.25, 0.3) is 11.6 Å². The molecule has 1 aliphatic carbocycles. The van der Waals surface area contributed by atoms with Gasteiger partial charge in [-0.3, -0.25) is 4.79 Å². The minimum Gasteiger partial charge on any atom is -0.379 e. The van der Waals surface area contributed by atoms with Crippen molar-refractivity contribution in [1.29, 1.82) is 0 Å². The molecule has 0 saturated heterocycles. The molecule has 1 aromatic carbocycles. The Hall–Kier alpha value is -2.73. The van der Waals surface area contributed by atoms with Gasteiger partial charge in [0, 0.05) is 18.7 Å². The third-order valence-corrected chi connectivity index (χ3v) is 5.04. The fraction of sp³-hybridized carbons (Fsp3) is 0.381. The van der Waals surface area contributed by atoms with Gasteiger partial charge in [-0.15, -0.1) is 0 Å². The lowest BCUT2D eigenvalue weighted by molar-refractivity contribution is 0.0687. The van der Waals surface area contributed by atoms with E-state index in [2.05, 4.69) is 15.5 Å². The number of amides is 1. The molecule has 1 fully saturated rings. The van der Waals surface area contributed by atoms with E-state index < -0.39 is 0 Å². The van der Waals surface area contributed by atoms with Gasteiger partial charge < -0.3 is 14.6 Å². The monoisotopic (exact) mass is 365 g/mol. The van der Waals surface area contributed by atoms with E-state index in [1.54, 1.807) is 6.07 Å². The second-order valence-electron chi connectivity index (χ2n) is 7.00. The summed E-state index contributed by atoms with van der Waals surface area (Å²) in [5.74, 6) is 0.534. The topological polar surface area (TPSA) is 77.2 Å². The summed E-state index contributed by atoms with van der Waals surface area (Å²) in [7, 11) is 0. The number of nitrogens with one attached hydrogen (secondary N) is 1. The largest absolute Gasteiger partial charge is 0.379 e. The van der Waals surface area contributed by atoms with Crippen LogP contribution in [0, 0.1) is 12.8 Å². The number of carbonyl (C=O) groups excluding carboxylic acids is 1. The Morgan fingerprint density at radius 2 is 2.11 bits per heavy atom. The quantitative estimate of drug-likeness (QED) is 0.645. The number of hydrogen-bond acceptors (Lipinski definition) is 5. The van der Waals surface area contributed by atoms with Crippen LogP contribution >= 0.6 is 0 Å². The average molecular weight is 365 g/mol. The lowest BCUT2D eigenvalue weighted by atomic mass is 9.86. The first kappa shape index (κ1) is 17.7. The number of aryl methyl sites for hydroxylation is 1. The van der Waals surface area contributed by atoms with E-state index in [4.69, 9.17) is 9.26 Å². The minimum atomic E-state index is -0.168. The fourth-order valence-corrected chi connectivity index (χ4v) is 3.27. The van der Waals surface area contributed by atoms with E-state index in [1.807, 2.05) is 37.3 Å². The Labute approximate surface area is 157 Å². The Morgan fingerprint density at radius 3 is 2.85 bits per heavy atom. The molecule has 1 amide bonds. The summed E-state index contributed by atoms with van der Waals surface area (Å²) in [6.45, 7) is 3.59. The smallest absolute Gasteiger partial charge is 0.259 e. The molecule has 4 rings (SSSR count). The number of aromatic nitrogens is 2. The highest BCUT2D eigenvalue weighted by Crippen LogP contribution is 2.27. The molecule has 1 N–H and O–H groups in total. The standard InChI is InChI=1S/C21H23N3O3/c1-14-19-17(20(25)22-10-11-26-13-15-6-5-7-15)12-18(23-21(19)27-24-14)16-8-3-2-4-9-16/h2-4,8-9,12,15H,5-7,10-11,13H2,1H3,(H,22,25). The van der Waals surface area contributed by atoms with Gasteiger partial charge in [0.15, 0.2) is 0 Å². The van der Waals surface area contributed by atoms with E-state index in [0.29, 0.717) is 47.1 Å². The number of ether oxygens (including phenoxy) is 1. The van der Waals surface area contributed by atoms with Crippen LogP contribution < -0.4 is 5.32 Å². The minimum absolute atomic E-state index is 0.168. The van der Waals surface area contributed by atoms with Gasteiger partial charge in [-0.2, -0.15) is 0 Å². The fourth-order valence-electron chi connectivity index (χ4n) is 3.27. The van der Waals surface area contributed by atoms with Gasteiger partial charge in [-0.05, 0) is 31.7 Å². The normalized spacial score (nSPS) is 14.3. The third kappa shape index (κ3) is 3.85. The summed E-state index contributed by atoms with van der Waals surface area (Å²) >= 11 is 0. The second kappa shape index (κ2) is 7.88. The summed E-state index contributed by atoms with van der Waals surface area (Å²) in [6.07, 6.45) is 3.83. The zero-order valence-electron chi connectivity index (χ0n) is 15.4. The van der Waals surface area contributed by atoms with E-state index >= 15 is 0 Å². The number of rotatable bonds is 7. The molecule has 0 spiro atoms. The predicted molar refractivity (Wildman–Crippen MR) is 102 cm³/mol. The van der Waals surface area contributed by atoms with E-state index in [1.165, 1.54) is 19.3 Å². The highest BCUT2D eigenvalue weighted by Gasteiger charge is 2.20. The van der Waals surface area contributed by atoms with Gasteiger partial charge >= 0.3 is 0 Å². The summed E-state index contributed by atoms with van der Waals surface area (Å²) in [4.78, 5) is 17.3. The van der Waals surface area contributed by atoms with Crippen molar-refractivity contribution in [2.75, 3.05) is 19.8 Å². The molecule has 0 atom stereocenters. The summed E-state index contributed by atoms with van der Waals surface area (Å²) in [5, 5.41) is 7.57. The van der Waals surface area contributed by atoms with Crippen molar-refractivity contribution in [3.8, 4) is 11.3 Å². The van der Waals surface area contributed by atoms with E-state index in [-0.39, 0.29) is 5.91 Å². The van der Waals surface area contributed by atoms with Gasteiger partial charge in [-0.25, -0.2) is 4.98 Å². The number of fused-ring (bicyclic) bond motifs is 1. The van der Waals surface area contributed by atoms with Crippen LogP contribution in [0.4, 0.5) is 0 Å². The molecule has 0 radical (unpaired) electrons. The van der Waals surface area contributed by atoms with Crippen LogP contribution in [0.25, 0.3) is 22.4 Å². The number of nitrogens with zero attached hydrogens (tertiary/aromatic N) is 2. The molecule has 6 heteroatoms. The van der Waals surface area contributed by atoms with Crippen LogP contribution in [0.5, 0.6) is 0 Å². The number of pyridine rings is 1. The van der Waals surface area contributed by atoms with Crippen molar-refractivity contribution in [2.45, 2.75) is 26.2 Å². The van der Waals surface area contributed by atoms with Crippen molar-refractivity contribution in [3.05, 3.63) is 47.7 Å². The Morgan fingerprint density at radius 1 is 1.30 bits per heavy atom. The van der Waals surface area contributed by atoms with Crippen LogP contribution in [-0.4, -0.2) is 35.8 Å². The molecule has 3 aromatic rings. The molecule has 140 valence electrons. The van der Waals surface area contributed by atoms with Crippen molar-refractivity contribution in [2.24, 2.45) is 5.92 Å². The molecule has 27 heavy (non-hydrogen) atoms. The van der Waals surface area contributed by atoms with E-state index in [9.17, 15) is 4.79 Å². The number of hydrogen-bond donors (Lipinski definition) is 1. The molecule has 0 unspecified atom stereocenters. The maximum Gasteiger partial charge on any atom is 0.259 e. The molecule has 0 aliphatic heterocycles. The first-order valence-electron chi connectivity index (χ1n) is 9.41. The maximum atomic E-state index is 12.8. The summed E-state index contributed by atoms with van der Waals surface area (Å²) in [5.41, 5.74) is 3.16. The van der Waals surface area contributed by atoms with Crippen molar-refractivity contribution in [1.82, 2.24) is 15.5 Å². The van der Waals surface area contributed by atoms with Gasteiger partial charge in [0.05, 0.1) is 28.9 Å². The number of carbonyl (C=O) groups is 1. The Balaban J connectivity index is 1.50. The molecule has 6 nitrogen and oxygen atoms in total. The van der Waals surface area contributed by atoms with Crippen molar-refractivity contribution in [3.63, 3.8) is 0 Å². The first-order chi connectivity index (χ1) is 13.2. The SMILES string of the molecule is Cc1noc2nc(-c3ccccc3)cc(C(=O)NCCOCC3CCC3)c12. The Bertz CT molecular complexity index is 932. The Kier molecular flexibility index (Phi) is 5.16. The zero-order chi connectivity index (χ0) is 18.6. The third-order valence-electron chi connectivity index (χ3n) is 5.04. The van der Waals surface area contributed by atoms with Crippen molar-refractivity contribution < 1.29 is 14.1 Å². The molecule has 2 aromatic heterocycles. The van der Waals surface area contributed by atoms with Crippen LogP contribution in [0.15, 0.2) is 40.9 Å². The molecular formula is C21H23N3O3. The molecule has 1 saturated carbocycles. The van der Waals surface area contributed by atoms with Gasteiger partial charge in [0.1, 0.15) is 0 Å². The van der Waals surface area contributed by atoms with Gasteiger partial charge in [-0.1, -0.05) is 41.9 Å². The molecule has 2 heterocycles. The van der Waals surface area contributed by atoms with Crippen LogP contribution in [-0.2, 0) is 4.74 Å². The molecule has 0 bridgehead atoms. The van der Waals surface area contributed by atoms with Gasteiger partial charge in [0.2, 0.25) is 0 Å². The highest BCUT2D eigenvalue weighted by atomic mass is 16.5. The lowest BCUT2D eigenvalue weighted by Crippen LogP contribution is -2.28. The molecular weight excluding hydrogens is 342 g/mol. The first-order valence-corrected chi connectivity index (χ1v) is 9.41.